The van der Waals surface area contributed by atoms with Crippen LogP contribution in [-0.4, -0.2) is 30.2 Å². The van der Waals surface area contributed by atoms with E-state index in [9.17, 15) is 32.8 Å². The molecule has 0 aliphatic heterocycles. The zero-order chi connectivity index (χ0) is 21.6. The Morgan fingerprint density at radius 3 is 1.29 bits per heavy atom. The molecule has 1 unspecified atom stereocenters. The van der Waals surface area contributed by atoms with Crippen LogP contribution >= 0.6 is 0 Å². The summed E-state index contributed by atoms with van der Waals surface area (Å²) in [6.45, 7) is 4.12. The van der Waals surface area contributed by atoms with Gasteiger partial charge in [0.2, 0.25) is 0 Å². The van der Waals surface area contributed by atoms with Crippen molar-refractivity contribution in [3.8, 4) is 0 Å². The number of carboxylic acid groups (broad SMARTS) is 2. The first kappa shape index (κ1) is 40.0. The van der Waals surface area contributed by atoms with E-state index >= 15 is 0 Å². The van der Waals surface area contributed by atoms with Crippen LogP contribution in [0.2, 0.25) is 0 Å². The Morgan fingerprint density at radius 2 is 1.03 bits per heavy atom. The maximum atomic E-state index is 11.9. The quantitative estimate of drug-likeness (QED) is 0.106. The van der Waals surface area contributed by atoms with Crippen molar-refractivity contribution in [1.29, 1.82) is 0 Å². The van der Waals surface area contributed by atoms with Crippen molar-refractivity contribution >= 4 is 22.1 Å². The van der Waals surface area contributed by atoms with E-state index in [1.807, 2.05) is 0 Å². The van der Waals surface area contributed by atoms with E-state index in [-0.39, 0.29) is 102 Å². The van der Waals surface area contributed by atoms with E-state index in [1.54, 1.807) is 0 Å². The monoisotopic (exact) mass is 488 g/mol. The zero-order valence-corrected chi connectivity index (χ0v) is 27.1. The number of carbonyl (C=O) groups excluding carboxylic acids is 2. The van der Waals surface area contributed by atoms with Gasteiger partial charge in [-0.25, -0.2) is 8.42 Å². The molecule has 0 spiro atoms. The van der Waals surface area contributed by atoms with E-state index in [0.29, 0.717) is 25.7 Å². The van der Waals surface area contributed by atoms with Crippen LogP contribution in [0.5, 0.6) is 0 Å². The van der Waals surface area contributed by atoms with Crippen LogP contribution in [0, 0.1) is 5.41 Å². The van der Waals surface area contributed by atoms with Crippen molar-refractivity contribution in [2.75, 3.05) is 0 Å². The van der Waals surface area contributed by atoms with Crippen LogP contribution in [0.3, 0.4) is 0 Å². The number of hydrogen-bond acceptors (Lipinski definition) is 7. The maximum absolute atomic E-state index is 11.9. The molecule has 0 aromatic carbocycles. The standard InChI is InChI=1S/C20H38O7S.3Na/c1-3-5-7-9-11-13-15-20(19(23)24,16-14-12-10-8-6-4-2)17(18(21)22)28(25,26)27;;;/h17H,3-16H2,1-2H3,(H,21,22)(H,23,24)(H,25,26,27);;;/q;3*+1/p-3. The summed E-state index contributed by atoms with van der Waals surface area (Å²) in [7, 11) is -5.40. The van der Waals surface area contributed by atoms with Gasteiger partial charge in [-0.15, -0.1) is 0 Å². The van der Waals surface area contributed by atoms with Crippen molar-refractivity contribution in [3.05, 3.63) is 0 Å². The van der Waals surface area contributed by atoms with Gasteiger partial charge in [0.1, 0.15) is 10.1 Å². The second-order valence-corrected chi connectivity index (χ2v) is 9.13. The maximum Gasteiger partial charge on any atom is 1.00 e. The van der Waals surface area contributed by atoms with Gasteiger partial charge >= 0.3 is 88.7 Å². The summed E-state index contributed by atoms with van der Waals surface area (Å²) in [5.41, 5.74) is -2.24. The van der Waals surface area contributed by atoms with Gasteiger partial charge in [-0.3, -0.25) is 0 Å². The van der Waals surface area contributed by atoms with E-state index in [4.69, 9.17) is 0 Å². The molecule has 0 aromatic rings. The fourth-order valence-corrected chi connectivity index (χ4v) is 4.88. The second kappa shape index (κ2) is 22.3. The summed E-state index contributed by atoms with van der Waals surface area (Å²) in [5, 5.41) is 20.8. The second-order valence-electron chi connectivity index (χ2n) is 7.67. The molecular formula is C20H35Na3O7S. The van der Waals surface area contributed by atoms with Crippen molar-refractivity contribution in [2.45, 2.75) is 109 Å². The third-order valence-corrected chi connectivity index (χ3v) is 6.59. The van der Waals surface area contributed by atoms with Gasteiger partial charge in [-0.05, 0) is 12.8 Å². The molecule has 0 aliphatic rings. The molecule has 11 heteroatoms. The van der Waals surface area contributed by atoms with Crippen molar-refractivity contribution < 1.29 is 121 Å². The van der Waals surface area contributed by atoms with Crippen LogP contribution in [-0.2, 0) is 19.7 Å². The summed E-state index contributed by atoms with van der Waals surface area (Å²) in [6.07, 6.45) is 9.31. The van der Waals surface area contributed by atoms with E-state index in [1.165, 1.54) is 0 Å². The summed E-state index contributed by atoms with van der Waals surface area (Å²) in [4.78, 5) is 23.4. The average Bonchev–Trinajstić information content (AvgIpc) is 2.58. The summed E-state index contributed by atoms with van der Waals surface area (Å²) in [5.74, 6) is -3.94. The van der Waals surface area contributed by atoms with Crippen LogP contribution < -0.4 is 98.9 Å². The minimum atomic E-state index is -5.40. The van der Waals surface area contributed by atoms with Crippen molar-refractivity contribution in [3.63, 3.8) is 0 Å². The number of carboxylic acids is 2. The molecule has 0 rings (SSSR count). The molecule has 0 radical (unpaired) electrons. The van der Waals surface area contributed by atoms with E-state index in [2.05, 4.69) is 13.8 Å². The molecule has 0 N–H and O–H groups in total. The number of rotatable bonds is 18. The van der Waals surface area contributed by atoms with Gasteiger partial charge in [-0.2, -0.15) is 0 Å². The van der Waals surface area contributed by atoms with Crippen LogP contribution in [0.1, 0.15) is 104 Å². The van der Waals surface area contributed by atoms with Gasteiger partial charge in [0.15, 0.2) is 0 Å². The first-order valence-corrected chi connectivity index (χ1v) is 12.0. The predicted octanol–water partition coefficient (Wildman–Crippen LogP) is -7.10. The Bertz CT molecular complexity index is 555. The molecule has 0 heterocycles. The average molecular weight is 489 g/mol. The van der Waals surface area contributed by atoms with E-state index in [0.717, 1.165) is 51.4 Å². The first-order chi connectivity index (χ1) is 13.1. The molecule has 0 saturated heterocycles. The zero-order valence-electron chi connectivity index (χ0n) is 20.2. The minimum Gasteiger partial charge on any atom is -0.747 e. The van der Waals surface area contributed by atoms with Gasteiger partial charge < -0.3 is 24.4 Å². The predicted molar refractivity (Wildman–Crippen MR) is 102 cm³/mol. The van der Waals surface area contributed by atoms with Gasteiger partial charge in [0.05, 0.1) is 11.2 Å². The largest absolute Gasteiger partial charge is 1.00 e. The van der Waals surface area contributed by atoms with Gasteiger partial charge in [0.25, 0.3) is 0 Å². The third kappa shape index (κ3) is 16.2. The molecule has 7 nitrogen and oxygen atoms in total. The van der Waals surface area contributed by atoms with Crippen LogP contribution in [0.25, 0.3) is 0 Å². The molecule has 166 valence electrons. The Labute approximate surface area is 254 Å². The fourth-order valence-electron chi connectivity index (χ4n) is 3.76. The molecule has 0 aromatic heterocycles. The van der Waals surface area contributed by atoms with Crippen LogP contribution in [0.4, 0.5) is 0 Å². The normalized spacial score (nSPS) is 12.1. The van der Waals surface area contributed by atoms with E-state index < -0.39 is 32.7 Å². The number of hydrogen-bond donors (Lipinski definition) is 0. The fraction of sp³-hybridized carbons (Fsp3) is 0.900. The number of carbonyl (C=O) groups is 2. The molecule has 31 heavy (non-hydrogen) atoms. The number of aliphatic carboxylic acids is 2. The summed E-state index contributed by atoms with van der Waals surface area (Å²) >= 11 is 0. The molecule has 1 atom stereocenters. The smallest absolute Gasteiger partial charge is 0.747 e. The van der Waals surface area contributed by atoms with Crippen LogP contribution in [0.15, 0.2) is 0 Å². The van der Waals surface area contributed by atoms with Gasteiger partial charge in [0, 0.05) is 11.4 Å². The molecule has 0 bridgehead atoms. The Balaban J connectivity index is -0.00000121. The molecule has 0 amide bonds. The summed E-state index contributed by atoms with van der Waals surface area (Å²) < 4.78 is 34.8. The van der Waals surface area contributed by atoms with Gasteiger partial charge in [-0.1, -0.05) is 90.9 Å². The summed E-state index contributed by atoms with van der Waals surface area (Å²) in [6, 6.07) is 0. The molecular weight excluding hydrogens is 453 g/mol. The SMILES string of the molecule is CCCCCCCCC(CCCCCCCC)(C(=O)[O-])C(C(=O)[O-])S(=O)(=O)[O-].[Na+].[Na+].[Na+]. The minimum absolute atomic E-state index is 0. The Morgan fingerprint density at radius 1 is 0.710 bits per heavy atom. The molecule has 0 aliphatic carbocycles. The number of unbranched alkanes of at least 4 members (excludes halogenated alkanes) is 10. The van der Waals surface area contributed by atoms with Crippen molar-refractivity contribution in [1.82, 2.24) is 0 Å². The third-order valence-electron chi connectivity index (χ3n) is 5.36. The first-order valence-electron chi connectivity index (χ1n) is 10.5. The topological polar surface area (TPSA) is 137 Å². The molecule has 0 saturated carbocycles. The Kier molecular flexibility index (Phi) is 28.8. The molecule has 0 fully saturated rings. The van der Waals surface area contributed by atoms with Crippen molar-refractivity contribution in [2.24, 2.45) is 5.41 Å². The Hall–Kier alpha value is 1.85.